The third kappa shape index (κ3) is 2.44. The molecular formula is C15H14ClN3S. The van der Waals surface area contributed by atoms with Gasteiger partial charge in [0.2, 0.25) is 0 Å². The number of nitrogens with one attached hydrogen (secondary N) is 1. The Labute approximate surface area is 128 Å². The summed E-state index contributed by atoms with van der Waals surface area (Å²) in [7, 11) is 0. The van der Waals surface area contributed by atoms with Crippen LogP contribution < -0.4 is 11.2 Å². The van der Waals surface area contributed by atoms with Crippen molar-refractivity contribution in [3.8, 4) is 0 Å². The Kier molecular flexibility index (Phi) is 3.51. The monoisotopic (exact) mass is 303 g/mol. The van der Waals surface area contributed by atoms with Crippen molar-refractivity contribution in [2.75, 3.05) is 0 Å². The van der Waals surface area contributed by atoms with E-state index in [4.69, 9.17) is 29.6 Å². The molecule has 0 fully saturated rings. The average Bonchev–Trinajstić information content (AvgIpc) is 3.08. The standard InChI is InChI=1S/C15H14ClN3S/c16-12-7-5-10(6-8-12)13-9-14(11-3-1-2-4-11)19(18-13)15(17)20/h1-3,5-9,14,18H,4H2,(H2,17,20). The molecule has 0 saturated heterocycles. The highest BCUT2D eigenvalue weighted by atomic mass is 35.5. The van der Waals surface area contributed by atoms with Crippen molar-refractivity contribution in [3.05, 3.63) is 64.7 Å². The summed E-state index contributed by atoms with van der Waals surface area (Å²) in [5.74, 6) is 0. The molecule has 3 nitrogen and oxygen atoms in total. The highest BCUT2D eigenvalue weighted by Gasteiger charge is 2.29. The Morgan fingerprint density at radius 1 is 1.35 bits per heavy atom. The van der Waals surface area contributed by atoms with Gasteiger partial charge >= 0.3 is 0 Å². The molecule has 3 N–H and O–H groups in total. The van der Waals surface area contributed by atoms with Crippen LogP contribution in [0.5, 0.6) is 0 Å². The average molecular weight is 304 g/mol. The second-order valence-electron chi connectivity index (χ2n) is 4.73. The zero-order valence-corrected chi connectivity index (χ0v) is 12.3. The van der Waals surface area contributed by atoms with Gasteiger partial charge in [-0.25, -0.2) is 0 Å². The number of benzene rings is 1. The van der Waals surface area contributed by atoms with Crippen molar-refractivity contribution < 1.29 is 0 Å². The molecule has 20 heavy (non-hydrogen) atoms. The number of hydrogen-bond donors (Lipinski definition) is 2. The summed E-state index contributed by atoms with van der Waals surface area (Å²) in [6.45, 7) is 0. The number of allylic oxidation sites excluding steroid dienone is 3. The minimum absolute atomic E-state index is 0.0631. The molecule has 2 aliphatic rings. The van der Waals surface area contributed by atoms with Gasteiger partial charge < -0.3 is 5.73 Å². The summed E-state index contributed by atoms with van der Waals surface area (Å²) >= 11 is 11.1. The maximum Gasteiger partial charge on any atom is 0.186 e. The summed E-state index contributed by atoms with van der Waals surface area (Å²) < 4.78 is 0. The van der Waals surface area contributed by atoms with Gasteiger partial charge in [0, 0.05) is 5.02 Å². The van der Waals surface area contributed by atoms with Crippen LogP contribution in [0.4, 0.5) is 0 Å². The van der Waals surface area contributed by atoms with Crippen molar-refractivity contribution in [1.82, 2.24) is 10.4 Å². The van der Waals surface area contributed by atoms with E-state index in [1.165, 1.54) is 5.57 Å². The summed E-state index contributed by atoms with van der Waals surface area (Å²) in [6.07, 6.45) is 9.36. The first-order valence-electron chi connectivity index (χ1n) is 6.34. The van der Waals surface area contributed by atoms with Crippen LogP contribution in [0.1, 0.15) is 12.0 Å². The summed E-state index contributed by atoms with van der Waals surface area (Å²) in [4.78, 5) is 0. The van der Waals surface area contributed by atoms with E-state index in [-0.39, 0.29) is 6.04 Å². The molecule has 5 heteroatoms. The van der Waals surface area contributed by atoms with Gasteiger partial charge in [-0.2, -0.15) is 0 Å². The zero-order valence-electron chi connectivity index (χ0n) is 10.7. The fourth-order valence-corrected chi connectivity index (χ4v) is 2.69. The van der Waals surface area contributed by atoms with Gasteiger partial charge in [-0.05, 0) is 48.0 Å². The lowest BCUT2D eigenvalue weighted by atomic mass is 10.0. The van der Waals surface area contributed by atoms with Crippen LogP contribution in [0.15, 0.2) is 54.1 Å². The van der Waals surface area contributed by atoms with E-state index in [2.05, 4.69) is 29.7 Å². The Morgan fingerprint density at radius 2 is 2.10 bits per heavy atom. The fraction of sp³-hybridized carbons (Fsp3) is 0.133. The van der Waals surface area contributed by atoms with Crippen LogP contribution >= 0.6 is 23.8 Å². The van der Waals surface area contributed by atoms with E-state index in [0.717, 1.165) is 22.7 Å². The van der Waals surface area contributed by atoms with Gasteiger partial charge in [0.05, 0.1) is 11.7 Å². The van der Waals surface area contributed by atoms with Crippen molar-refractivity contribution in [2.24, 2.45) is 5.73 Å². The van der Waals surface area contributed by atoms with Crippen LogP contribution in [0.2, 0.25) is 5.02 Å². The van der Waals surface area contributed by atoms with Crippen molar-refractivity contribution in [2.45, 2.75) is 12.5 Å². The minimum atomic E-state index is 0.0631. The van der Waals surface area contributed by atoms with Gasteiger partial charge in [0.15, 0.2) is 5.11 Å². The predicted octanol–water partition coefficient (Wildman–Crippen LogP) is 3.00. The number of rotatable bonds is 2. The maximum absolute atomic E-state index is 5.92. The number of hydrazine groups is 1. The number of hydrogen-bond acceptors (Lipinski definition) is 2. The molecule has 0 radical (unpaired) electrons. The van der Waals surface area contributed by atoms with E-state index in [1.807, 2.05) is 29.3 Å². The van der Waals surface area contributed by atoms with E-state index in [9.17, 15) is 0 Å². The lowest BCUT2D eigenvalue weighted by Crippen LogP contribution is -2.46. The topological polar surface area (TPSA) is 41.3 Å². The molecule has 102 valence electrons. The molecule has 1 aliphatic carbocycles. The smallest absolute Gasteiger partial charge is 0.186 e. The van der Waals surface area contributed by atoms with E-state index >= 15 is 0 Å². The second kappa shape index (κ2) is 5.31. The molecule has 1 aliphatic heterocycles. The number of halogens is 1. The molecule has 0 amide bonds. The Morgan fingerprint density at radius 3 is 2.70 bits per heavy atom. The zero-order chi connectivity index (χ0) is 14.1. The maximum atomic E-state index is 5.92. The van der Waals surface area contributed by atoms with Gasteiger partial charge in [0.25, 0.3) is 0 Å². The summed E-state index contributed by atoms with van der Waals surface area (Å²) in [6, 6.07) is 7.75. The third-order valence-corrected chi connectivity index (χ3v) is 3.86. The molecule has 1 unspecified atom stereocenters. The first-order valence-corrected chi connectivity index (χ1v) is 7.12. The predicted molar refractivity (Wildman–Crippen MR) is 86.8 cm³/mol. The summed E-state index contributed by atoms with van der Waals surface area (Å²) in [5.41, 5.74) is 12.4. The normalized spacial score (nSPS) is 20.6. The highest BCUT2D eigenvalue weighted by Crippen LogP contribution is 2.28. The fourth-order valence-electron chi connectivity index (χ4n) is 2.41. The Bertz CT molecular complexity index is 631. The van der Waals surface area contributed by atoms with Crippen molar-refractivity contribution in [1.29, 1.82) is 0 Å². The Balaban J connectivity index is 1.91. The van der Waals surface area contributed by atoms with Crippen molar-refractivity contribution in [3.63, 3.8) is 0 Å². The van der Waals surface area contributed by atoms with Crippen LogP contribution in [0.25, 0.3) is 5.70 Å². The molecule has 0 bridgehead atoms. The van der Waals surface area contributed by atoms with Gasteiger partial charge in [-0.1, -0.05) is 42.0 Å². The van der Waals surface area contributed by atoms with Gasteiger partial charge in [-0.3, -0.25) is 10.4 Å². The number of nitrogens with two attached hydrogens (primary N) is 1. The Hall–Kier alpha value is -1.78. The van der Waals surface area contributed by atoms with Crippen LogP contribution in [0.3, 0.4) is 0 Å². The molecular weight excluding hydrogens is 290 g/mol. The first-order chi connectivity index (χ1) is 9.65. The van der Waals surface area contributed by atoms with E-state index in [0.29, 0.717) is 5.11 Å². The number of nitrogens with zero attached hydrogens (tertiary/aromatic N) is 1. The van der Waals surface area contributed by atoms with Crippen LogP contribution in [-0.2, 0) is 0 Å². The van der Waals surface area contributed by atoms with E-state index < -0.39 is 0 Å². The van der Waals surface area contributed by atoms with Crippen LogP contribution in [-0.4, -0.2) is 16.2 Å². The van der Waals surface area contributed by atoms with E-state index in [1.54, 1.807) is 0 Å². The third-order valence-electron chi connectivity index (χ3n) is 3.42. The highest BCUT2D eigenvalue weighted by molar-refractivity contribution is 7.80. The molecule has 0 aromatic heterocycles. The van der Waals surface area contributed by atoms with Gasteiger partial charge in [0.1, 0.15) is 0 Å². The lowest BCUT2D eigenvalue weighted by molar-refractivity contribution is 0.367. The SMILES string of the molecule is NC(=S)N1NC(c2ccc(Cl)cc2)=CC1C1=CC=CC1. The lowest BCUT2D eigenvalue weighted by Gasteiger charge is -2.26. The summed E-state index contributed by atoms with van der Waals surface area (Å²) in [5, 5.41) is 2.87. The molecule has 0 spiro atoms. The molecule has 1 atom stereocenters. The van der Waals surface area contributed by atoms with Gasteiger partial charge in [-0.15, -0.1) is 0 Å². The number of thiocarbonyl (C=S) groups is 1. The molecule has 0 saturated carbocycles. The van der Waals surface area contributed by atoms with Crippen LogP contribution in [0, 0.1) is 0 Å². The van der Waals surface area contributed by atoms with Crippen molar-refractivity contribution >= 4 is 34.6 Å². The first kappa shape index (κ1) is 13.2. The quantitative estimate of drug-likeness (QED) is 0.824. The molecule has 1 aromatic rings. The largest absolute Gasteiger partial charge is 0.375 e. The second-order valence-corrected chi connectivity index (χ2v) is 5.58. The molecule has 1 aromatic carbocycles. The molecule has 3 rings (SSSR count). The molecule has 1 heterocycles. The minimum Gasteiger partial charge on any atom is -0.375 e.